The second-order valence-electron chi connectivity index (χ2n) is 5.43. The van der Waals surface area contributed by atoms with Crippen molar-refractivity contribution in [3.63, 3.8) is 0 Å². The molecule has 0 saturated heterocycles. The predicted molar refractivity (Wildman–Crippen MR) is 81.2 cm³/mol. The van der Waals surface area contributed by atoms with Gasteiger partial charge in [-0.1, -0.05) is 6.07 Å². The number of primary amides is 1. The molecule has 1 atom stereocenters. The van der Waals surface area contributed by atoms with E-state index in [1.807, 2.05) is 0 Å². The number of alkyl halides is 3. The Morgan fingerprint density at radius 3 is 2.38 bits per heavy atom. The lowest BCUT2D eigenvalue weighted by Gasteiger charge is -2.18. The fraction of sp³-hybridized carbons (Fsp3) is 0.467. The number of urea groups is 1. The zero-order chi connectivity index (χ0) is 18.5. The van der Waals surface area contributed by atoms with Crippen LogP contribution in [0.4, 0.5) is 18.0 Å². The van der Waals surface area contributed by atoms with E-state index in [9.17, 15) is 22.8 Å². The van der Waals surface area contributed by atoms with Crippen molar-refractivity contribution < 1.29 is 27.5 Å². The number of rotatable bonds is 6. The highest BCUT2D eigenvalue weighted by Gasteiger charge is 2.34. The van der Waals surface area contributed by atoms with Crippen molar-refractivity contribution >= 4 is 11.9 Å². The highest BCUT2D eigenvalue weighted by atomic mass is 19.4. The molecule has 1 aromatic carbocycles. The van der Waals surface area contributed by atoms with Gasteiger partial charge in [-0.3, -0.25) is 4.79 Å². The highest BCUT2D eigenvalue weighted by molar-refractivity contribution is 5.86. The fourth-order valence-electron chi connectivity index (χ4n) is 1.93. The lowest BCUT2D eigenvalue weighted by molar-refractivity contribution is -0.138. The van der Waals surface area contributed by atoms with Gasteiger partial charge in [0.05, 0.1) is 11.7 Å². The first kappa shape index (κ1) is 19.6. The maximum atomic E-state index is 13.2. The number of nitrogens with two attached hydrogens (primary N) is 1. The molecule has 1 aromatic rings. The van der Waals surface area contributed by atoms with Crippen molar-refractivity contribution in [2.75, 3.05) is 0 Å². The van der Waals surface area contributed by atoms with E-state index in [-0.39, 0.29) is 24.0 Å². The van der Waals surface area contributed by atoms with E-state index in [2.05, 4.69) is 10.6 Å². The Labute approximate surface area is 137 Å². The molecule has 24 heavy (non-hydrogen) atoms. The molecule has 0 aliphatic heterocycles. The first-order valence-electron chi connectivity index (χ1n) is 7.21. The SMILES string of the molecule is CC(C)Oc1ccc(CNC(=O)C(C)NC(N)=O)c(C(F)(F)F)c1. The first-order chi connectivity index (χ1) is 11.0. The van der Waals surface area contributed by atoms with E-state index in [1.165, 1.54) is 19.1 Å². The van der Waals surface area contributed by atoms with Gasteiger partial charge in [-0.05, 0) is 38.5 Å². The molecule has 0 spiro atoms. The lowest BCUT2D eigenvalue weighted by Crippen LogP contribution is -2.46. The number of hydrogen-bond acceptors (Lipinski definition) is 3. The third-order valence-corrected chi connectivity index (χ3v) is 2.96. The van der Waals surface area contributed by atoms with E-state index in [4.69, 9.17) is 10.5 Å². The second kappa shape index (κ2) is 7.89. The van der Waals surface area contributed by atoms with Gasteiger partial charge in [-0.2, -0.15) is 13.2 Å². The number of halogens is 3. The molecule has 6 nitrogen and oxygen atoms in total. The Morgan fingerprint density at radius 1 is 1.25 bits per heavy atom. The molecule has 134 valence electrons. The third kappa shape index (κ3) is 5.98. The van der Waals surface area contributed by atoms with Gasteiger partial charge in [-0.15, -0.1) is 0 Å². The summed E-state index contributed by atoms with van der Waals surface area (Å²) in [4.78, 5) is 22.4. The molecule has 0 aromatic heterocycles. The van der Waals surface area contributed by atoms with Crippen molar-refractivity contribution in [3.8, 4) is 5.75 Å². The van der Waals surface area contributed by atoms with E-state index >= 15 is 0 Å². The monoisotopic (exact) mass is 347 g/mol. The molecule has 1 rings (SSSR count). The average molecular weight is 347 g/mol. The van der Waals surface area contributed by atoms with E-state index in [0.29, 0.717) is 0 Å². The number of benzene rings is 1. The number of hydrogen-bond donors (Lipinski definition) is 3. The minimum Gasteiger partial charge on any atom is -0.491 e. The van der Waals surface area contributed by atoms with Crippen LogP contribution in [-0.4, -0.2) is 24.1 Å². The van der Waals surface area contributed by atoms with Crippen LogP contribution in [0.15, 0.2) is 18.2 Å². The van der Waals surface area contributed by atoms with Gasteiger partial charge >= 0.3 is 12.2 Å². The summed E-state index contributed by atoms with van der Waals surface area (Å²) in [5.74, 6) is -0.555. The summed E-state index contributed by atoms with van der Waals surface area (Å²) in [6.07, 6.45) is -4.86. The van der Waals surface area contributed by atoms with Crippen LogP contribution in [0.1, 0.15) is 31.9 Å². The van der Waals surface area contributed by atoms with Crippen LogP contribution in [-0.2, 0) is 17.5 Å². The zero-order valence-corrected chi connectivity index (χ0v) is 13.5. The zero-order valence-electron chi connectivity index (χ0n) is 13.5. The van der Waals surface area contributed by atoms with Gasteiger partial charge in [-0.25, -0.2) is 4.79 Å². The molecule has 0 heterocycles. The van der Waals surface area contributed by atoms with E-state index < -0.39 is 29.7 Å². The first-order valence-corrected chi connectivity index (χ1v) is 7.21. The number of nitrogens with one attached hydrogen (secondary N) is 2. The molecule has 0 radical (unpaired) electrons. The molecule has 3 amide bonds. The number of carbonyl (C=O) groups is 2. The Hall–Kier alpha value is -2.45. The fourth-order valence-corrected chi connectivity index (χ4v) is 1.93. The molecule has 9 heteroatoms. The van der Waals surface area contributed by atoms with Crippen molar-refractivity contribution in [1.29, 1.82) is 0 Å². The second-order valence-corrected chi connectivity index (χ2v) is 5.43. The topological polar surface area (TPSA) is 93.4 Å². The number of carbonyl (C=O) groups excluding carboxylic acids is 2. The minimum atomic E-state index is -4.59. The van der Waals surface area contributed by atoms with Gasteiger partial charge in [0.2, 0.25) is 5.91 Å². The molecule has 1 unspecified atom stereocenters. The Balaban J connectivity index is 2.90. The molecule has 0 aliphatic carbocycles. The lowest BCUT2D eigenvalue weighted by atomic mass is 10.1. The molecule has 4 N–H and O–H groups in total. The largest absolute Gasteiger partial charge is 0.491 e. The van der Waals surface area contributed by atoms with E-state index in [1.54, 1.807) is 13.8 Å². The summed E-state index contributed by atoms with van der Waals surface area (Å²) >= 11 is 0. The summed E-state index contributed by atoms with van der Waals surface area (Å²) in [6.45, 7) is 4.42. The maximum absolute atomic E-state index is 13.2. The molecule has 0 fully saturated rings. The highest BCUT2D eigenvalue weighted by Crippen LogP contribution is 2.34. The van der Waals surface area contributed by atoms with Crippen molar-refractivity contribution in [2.24, 2.45) is 5.73 Å². The summed E-state index contributed by atoms with van der Waals surface area (Å²) in [5, 5.41) is 4.47. The predicted octanol–water partition coefficient (Wildman–Crippen LogP) is 2.17. The van der Waals surface area contributed by atoms with Gasteiger partial charge < -0.3 is 21.1 Å². The van der Waals surface area contributed by atoms with Crippen LogP contribution in [0.3, 0.4) is 0 Å². The molecular weight excluding hydrogens is 327 g/mol. The van der Waals surface area contributed by atoms with Crippen LogP contribution in [0.2, 0.25) is 0 Å². The smallest absolute Gasteiger partial charge is 0.416 e. The van der Waals surface area contributed by atoms with Crippen LogP contribution in [0, 0.1) is 0 Å². The minimum absolute atomic E-state index is 0.0937. The molecule has 0 aliphatic rings. The summed E-state index contributed by atoms with van der Waals surface area (Å²) in [7, 11) is 0. The molecular formula is C15H20F3N3O3. The average Bonchev–Trinajstić information content (AvgIpc) is 2.43. The molecule has 0 saturated carbocycles. The van der Waals surface area contributed by atoms with Crippen molar-refractivity contribution in [2.45, 2.75) is 45.6 Å². The maximum Gasteiger partial charge on any atom is 0.416 e. The van der Waals surface area contributed by atoms with Crippen molar-refractivity contribution in [3.05, 3.63) is 29.3 Å². The van der Waals surface area contributed by atoms with Gasteiger partial charge in [0.25, 0.3) is 0 Å². The number of ether oxygens (including phenoxy) is 1. The summed E-state index contributed by atoms with van der Waals surface area (Å²) < 4.78 is 44.8. The van der Waals surface area contributed by atoms with Gasteiger partial charge in [0.15, 0.2) is 0 Å². The number of amides is 3. The Bertz CT molecular complexity index is 603. The summed E-state index contributed by atoms with van der Waals surface area (Å²) in [5.41, 5.74) is 3.88. The third-order valence-electron chi connectivity index (χ3n) is 2.96. The van der Waals surface area contributed by atoms with Crippen molar-refractivity contribution in [1.82, 2.24) is 10.6 Å². The Morgan fingerprint density at radius 2 is 1.88 bits per heavy atom. The molecule has 0 bridgehead atoms. The van der Waals surface area contributed by atoms with Gasteiger partial charge in [0, 0.05) is 6.54 Å². The quantitative estimate of drug-likeness (QED) is 0.736. The normalized spacial score (nSPS) is 12.6. The standard InChI is InChI=1S/C15H20F3N3O3/c1-8(2)24-11-5-4-10(12(6-11)15(16,17)18)7-20-13(22)9(3)21-14(19)23/h4-6,8-9H,7H2,1-3H3,(H,20,22)(H3,19,21,23). The van der Waals surface area contributed by atoms with Crippen LogP contribution in [0.5, 0.6) is 5.75 Å². The summed E-state index contributed by atoms with van der Waals surface area (Å²) in [6, 6.07) is 1.69. The van der Waals surface area contributed by atoms with Crippen LogP contribution >= 0.6 is 0 Å². The van der Waals surface area contributed by atoms with Crippen LogP contribution < -0.4 is 21.1 Å². The van der Waals surface area contributed by atoms with Crippen LogP contribution in [0.25, 0.3) is 0 Å². The van der Waals surface area contributed by atoms with E-state index in [0.717, 1.165) is 6.07 Å². The van der Waals surface area contributed by atoms with Gasteiger partial charge in [0.1, 0.15) is 11.8 Å². The Kier molecular flexibility index (Phi) is 6.44.